The molecule has 0 radical (unpaired) electrons. The molecule has 0 saturated heterocycles. The quantitative estimate of drug-likeness (QED) is 0.263. The number of carbonyl (C=O) groups is 1. The molecule has 0 unspecified atom stereocenters. The van der Waals surface area contributed by atoms with Crippen LogP contribution in [0.2, 0.25) is 0 Å². The van der Waals surface area contributed by atoms with Gasteiger partial charge in [-0.15, -0.1) is 0 Å². The van der Waals surface area contributed by atoms with Gasteiger partial charge in [0.15, 0.2) is 0 Å². The van der Waals surface area contributed by atoms with Crippen LogP contribution in [0.1, 0.15) is 35.4 Å². The maximum Gasteiger partial charge on any atom is 0.416 e. The van der Waals surface area contributed by atoms with Crippen molar-refractivity contribution >= 4 is 23.2 Å². The third-order valence-electron chi connectivity index (χ3n) is 5.31. The molecule has 0 spiro atoms. The molecule has 0 saturated carbocycles. The predicted octanol–water partition coefficient (Wildman–Crippen LogP) is 6.36. The summed E-state index contributed by atoms with van der Waals surface area (Å²) >= 11 is 0. The smallest absolute Gasteiger partial charge is 0.324 e. The molecule has 39 heavy (non-hydrogen) atoms. The number of amides is 1. The first-order valence-corrected chi connectivity index (χ1v) is 11.3. The van der Waals surface area contributed by atoms with Gasteiger partial charge in [0.05, 0.1) is 31.5 Å². The van der Waals surface area contributed by atoms with Crippen molar-refractivity contribution in [2.24, 2.45) is 0 Å². The van der Waals surface area contributed by atoms with Crippen LogP contribution in [0.25, 0.3) is 16.9 Å². The number of hydrogen-bond acceptors (Lipinski definition) is 6. The number of aryl methyl sites for hydroxylation is 1. The molecular formula is C28H22F3N7O. The molecule has 0 bridgehead atoms. The number of rotatable bonds is 6. The van der Waals surface area contributed by atoms with Crippen molar-refractivity contribution in [3.63, 3.8) is 0 Å². The first-order valence-electron chi connectivity index (χ1n) is 14.3. The van der Waals surface area contributed by atoms with Crippen LogP contribution >= 0.6 is 0 Å². The Morgan fingerprint density at radius 3 is 2.62 bits per heavy atom. The van der Waals surface area contributed by atoms with Crippen molar-refractivity contribution in [1.29, 1.82) is 0 Å². The molecule has 3 aromatic heterocycles. The second kappa shape index (κ2) is 10.4. The van der Waals surface area contributed by atoms with Gasteiger partial charge in [-0.25, -0.2) is 15.0 Å². The Bertz CT molecular complexity index is 1970. The number of imidazole rings is 1. The van der Waals surface area contributed by atoms with Gasteiger partial charge in [0, 0.05) is 53.0 Å². The van der Waals surface area contributed by atoms with Crippen LogP contribution in [-0.2, 0) is 6.18 Å². The molecular weight excluding hydrogens is 507 g/mol. The van der Waals surface area contributed by atoms with Crippen LogP contribution in [0.3, 0.4) is 0 Å². The molecule has 5 rings (SSSR count). The van der Waals surface area contributed by atoms with E-state index in [1.807, 2.05) is 0 Å². The Labute approximate surface area is 230 Å². The van der Waals surface area contributed by atoms with E-state index in [4.69, 9.17) is 8.22 Å². The van der Waals surface area contributed by atoms with E-state index in [1.165, 1.54) is 19.3 Å². The van der Waals surface area contributed by atoms with Gasteiger partial charge in [-0.2, -0.15) is 13.2 Å². The molecule has 8 nitrogen and oxygen atoms in total. The maximum atomic E-state index is 14.1. The zero-order valence-electron chi connectivity index (χ0n) is 26.4. The van der Waals surface area contributed by atoms with Crippen molar-refractivity contribution < 1.29 is 26.2 Å². The van der Waals surface area contributed by atoms with Gasteiger partial charge in [0.2, 0.25) is 5.95 Å². The van der Waals surface area contributed by atoms with Crippen LogP contribution in [0, 0.1) is 13.8 Å². The molecule has 2 N–H and O–H groups in total. The van der Waals surface area contributed by atoms with Crippen molar-refractivity contribution in [2.75, 3.05) is 10.6 Å². The largest absolute Gasteiger partial charge is 0.416 e. The summed E-state index contributed by atoms with van der Waals surface area (Å²) in [7, 11) is 0. The molecule has 2 aromatic carbocycles. The van der Waals surface area contributed by atoms with Gasteiger partial charge in [-0.1, -0.05) is 6.04 Å². The van der Waals surface area contributed by atoms with E-state index in [0.717, 1.165) is 10.9 Å². The minimum absolute atomic E-state index is 0.0144. The van der Waals surface area contributed by atoms with Crippen LogP contribution in [0.4, 0.5) is 30.5 Å². The summed E-state index contributed by atoms with van der Waals surface area (Å²) in [5.74, 6) is -1.33. The van der Waals surface area contributed by atoms with Crippen LogP contribution < -0.4 is 10.6 Å². The van der Waals surface area contributed by atoms with E-state index in [2.05, 4.69) is 30.6 Å². The maximum absolute atomic E-state index is 14.1. The van der Waals surface area contributed by atoms with E-state index in [0.29, 0.717) is 17.0 Å². The molecule has 5 aromatic rings. The molecule has 0 aliphatic carbocycles. The van der Waals surface area contributed by atoms with Crippen molar-refractivity contribution in [1.82, 2.24) is 24.5 Å². The monoisotopic (exact) mass is 535 g/mol. The first-order chi connectivity index (χ1) is 21.2. The lowest BCUT2D eigenvalue weighted by Crippen LogP contribution is -2.14. The third kappa shape index (κ3) is 5.93. The number of nitrogens with zero attached hydrogens (tertiary/aromatic N) is 5. The third-order valence-corrected chi connectivity index (χ3v) is 5.31. The number of anilines is 3. The number of benzene rings is 2. The Kier molecular flexibility index (Phi) is 5.07. The Balaban J connectivity index is 1.60. The zero-order valence-corrected chi connectivity index (χ0v) is 20.4. The highest BCUT2D eigenvalue weighted by atomic mass is 19.4. The zero-order chi connectivity index (χ0) is 32.8. The van der Waals surface area contributed by atoms with Crippen LogP contribution in [-0.4, -0.2) is 30.4 Å². The van der Waals surface area contributed by atoms with Gasteiger partial charge in [-0.05, 0) is 67.8 Å². The molecule has 3 heterocycles. The van der Waals surface area contributed by atoms with Gasteiger partial charge >= 0.3 is 6.18 Å². The van der Waals surface area contributed by atoms with Crippen molar-refractivity contribution in [3.8, 4) is 16.9 Å². The normalized spacial score (nSPS) is 13.5. The average Bonchev–Trinajstić information content (AvgIpc) is 3.41. The van der Waals surface area contributed by atoms with Gasteiger partial charge in [0.1, 0.15) is 0 Å². The molecule has 0 aliphatic heterocycles. The summed E-state index contributed by atoms with van der Waals surface area (Å²) in [6.07, 6.45) is 1.76. The highest BCUT2D eigenvalue weighted by Crippen LogP contribution is 2.33. The first kappa shape index (κ1) is 19.1. The minimum Gasteiger partial charge on any atom is -0.324 e. The number of aromatic nitrogens is 5. The van der Waals surface area contributed by atoms with Crippen molar-refractivity contribution in [3.05, 3.63) is 108 Å². The van der Waals surface area contributed by atoms with Crippen molar-refractivity contribution in [2.45, 2.75) is 20.0 Å². The number of halogens is 3. The Morgan fingerprint density at radius 1 is 1.05 bits per heavy atom. The number of carbonyl (C=O) groups excluding carboxylic acids is 1. The minimum atomic E-state index is -5.20. The standard InChI is InChI=1S/C28H22F3N7O/c1-17-5-6-19(10-25(17)37-27-33-9-7-24(36-27)20-4-3-8-32-14-20)26(39)35-22-11-21(28(29,30)31)12-23(13-22)38-15-18(2)34-16-38/h3-16H,1-2H3,(H,35,39)(H,33,36,37)/i5D,6D,10D,11D,12D,13D. The van der Waals surface area contributed by atoms with E-state index in [9.17, 15) is 18.0 Å². The fraction of sp³-hybridized carbons (Fsp3) is 0.107. The summed E-state index contributed by atoms with van der Waals surface area (Å²) in [6, 6.07) is 0.00930. The van der Waals surface area contributed by atoms with Gasteiger partial charge in [-0.3, -0.25) is 9.78 Å². The topological polar surface area (TPSA) is 97.6 Å². The lowest BCUT2D eigenvalue weighted by atomic mass is 10.1. The molecule has 1 amide bonds. The second-order valence-corrected chi connectivity index (χ2v) is 8.23. The number of pyridine rings is 1. The summed E-state index contributed by atoms with van der Waals surface area (Å²) in [4.78, 5) is 30.0. The van der Waals surface area contributed by atoms with E-state index >= 15 is 0 Å². The molecule has 0 aliphatic rings. The summed E-state index contributed by atoms with van der Waals surface area (Å²) in [5, 5.41) is 4.88. The fourth-order valence-corrected chi connectivity index (χ4v) is 3.42. The van der Waals surface area contributed by atoms with Crippen LogP contribution in [0.5, 0.6) is 0 Å². The lowest BCUT2D eigenvalue weighted by molar-refractivity contribution is -0.137. The van der Waals surface area contributed by atoms with Crippen LogP contribution in [0.15, 0.2) is 85.6 Å². The van der Waals surface area contributed by atoms with Gasteiger partial charge < -0.3 is 15.2 Å². The summed E-state index contributed by atoms with van der Waals surface area (Å²) < 4.78 is 93.7. The SMILES string of the molecule is [2H]c1c([2H])c(C(=O)Nc2c([2H])c(-n3cnc(C)c3)c([2H])c(C(F)(F)F)c2[2H])c([2H])c(Nc2nccc(-c3cccnc3)n2)c1C. The molecule has 0 atom stereocenters. The molecule has 0 fully saturated rings. The van der Waals surface area contributed by atoms with Gasteiger partial charge in [0.25, 0.3) is 5.91 Å². The Hall–Kier alpha value is -5.06. The fourth-order valence-electron chi connectivity index (χ4n) is 3.42. The number of hydrogen-bond donors (Lipinski definition) is 2. The number of nitrogens with one attached hydrogen (secondary N) is 2. The summed E-state index contributed by atoms with van der Waals surface area (Å²) in [5.41, 5.74) is -2.43. The second-order valence-electron chi connectivity index (χ2n) is 8.23. The highest BCUT2D eigenvalue weighted by Gasteiger charge is 2.31. The van der Waals surface area contributed by atoms with E-state index in [-0.39, 0.29) is 17.2 Å². The lowest BCUT2D eigenvalue weighted by Gasteiger charge is -2.14. The molecule has 11 heteroatoms. The predicted molar refractivity (Wildman–Crippen MR) is 141 cm³/mol. The average molecular weight is 536 g/mol. The number of alkyl halides is 3. The van der Waals surface area contributed by atoms with E-state index in [1.54, 1.807) is 37.5 Å². The molecule has 196 valence electrons. The Morgan fingerprint density at radius 2 is 1.90 bits per heavy atom. The van der Waals surface area contributed by atoms with E-state index < -0.39 is 70.8 Å². The highest BCUT2D eigenvalue weighted by molar-refractivity contribution is 6.05. The summed E-state index contributed by atoms with van der Waals surface area (Å²) in [6.45, 7) is 2.97.